The smallest absolute Gasteiger partial charge is 0.113 e. The summed E-state index contributed by atoms with van der Waals surface area (Å²) in [7, 11) is 0. The van der Waals surface area contributed by atoms with E-state index in [0.717, 1.165) is 34.4 Å². The van der Waals surface area contributed by atoms with E-state index in [0.29, 0.717) is 17.3 Å². The molecule has 4 aromatic rings. The number of aliphatic hydroxyl groups excluding tert-OH is 1. The van der Waals surface area contributed by atoms with Crippen molar-refractivity contribution in [2.45, 2.75) is 26.6 Å². The normalized spacial score (nSPS) is 11.3. The van der Waals surface area contributed by atoms with Crippen LogP contribution in [0.2, 0.25) is 5.02 Å². The number of hydrogen-bond donors (Lipinski definition) is 1. The van der Waals surface area contributed by atoms with E-state index in [4.69, 9.17) is 11.6 Å². The molecule has 0 aliphatic rings. The Morgan fingerprint density at radius 1 is 1.08 bits per heavy atom. The molecule has 132 valence electrons. The fourth-order valence-electron chi connectivity index (χ4n) is 3.05. The first kappa shape index (κ1) is 16.8. The molecule has 0 saturated carbocycles. The molecule has 2 aromatic heterocycles. The minimum absolute atomic E-state index is 0.112. The molecule has 0 saturated heterocycles. The van der Waals surface area contributed by atoms with Gasteiger partial charge in [-0.15, -0.1) is 5.10 Å². The van der Waals surface area contributed by atoms with Gasteiger partial charge in [-0.25, -0.2) is 4.68 Å². The maximum absolute atomic E-state index is 9.54. The second-order valence-corrected chi connectivity index (χ2v) is 6.44. The Morgan fingerprint density at radius 2 is 1.92 bits per heavy atom. The Hall–Kier alpha value is -2.70. The van der Waals surface area contributed by atoms with Gasteiger partial charge in [0, 0.05) is 17.1 Å². The number of aromatic nitrogens is 5. The van der Waals surface area contributed by atoms with Crippen LogP contribution in [0.25, 0.3) is 22.3 Å². The molecule has 0 radical (unpaired) electrons. The molecule has 6 nitrogen and oxygen atoms in total. The lowest BCUT2D eigenvalue weighted by molar-refractivity contribution is 0.275. The van der Waals surface area contributed by atoms with Gasteiger partial charge in [0.1, 0.15) is 5.52 Å². The molecule has 26 heavy (non-hydrogen) atoms. The van der Waals surface area contributed by atoms with E-state index in [1.165, 1.54) is 0 Å². The number of aryl methyl sites for hydroxylation is 1. The number of fused-ring (bicyclic) bond motifs is 1. The van der Waals surface area contributed by atoms with Gasteiger partial charge in [-0.3, -0.25) is 4.68 Å². The zero-order chi connectivity index (χ0) is 18.1. The Balaban J connectivity index is 1.81. The molecular formula is C19H18ClN5O. The van der Waals surface area contributed by atoms with Crippen molar-refractivity contribution in [2.75, 3.05) is 0 Å². The minimum Gasteiger partial charge on any atom is -0.390 e. The van der Waals surface area contributed by atoms with E-state index in [2.05, 4.69) is 21.5 Å². The minimum atomic E-state index is -0.112. The highest BCUT2D eigenvalue weighted by atomic mass is 35.5. The van der Waals surface area contributed by atoms with Gasteiger partial charge in [0.25, 0.3) is 0 Å². The number of halogens is 1. The Bertz CT molecular complexity index is 1070. The molecule has 0 aliphatic heterocycles. The molecule has 1 N–H and O–H groups in total. The van der Waals surface area contributed by atoms with Gasteiger partial charge >= 0.3 is 0 Å². The highest BCUT2D eigenvalue weighted by Gasteiger charge is 2.13. The summed E-state index contributed by atoms with van der Waals surface area (Å²) >= 11 is 6.31. The molecule has 0 aliphatic carbocycles. The van der Waals surface area contributed by atoms with Gasteiger partial charge in [-0.05, 0) is 36.8 Å². The summed E-state index contributed by atoms with van der Waals surface area (Å²) in [5.41, 5.74) is 5.34. The lowest BCUT2D eigenvalue weighted by Crippen LogP contribution is -2.05. The molecular weight excluding hydrogens is 350 g/mol. The third-order valence-corrected chi connectivity index (χ3v) is 4.75. The van der Waals surface area contributed by atoms with Gasteiger partial charge in [0.05, 0.1) is 30.1 Å². The summed E-state index contributed by atoms with van der Waals surface area (Å²) in [6, 6.07) is 15.6. The Morgan fingerprint density at radius 3 is 2.69 bits per heavy atom. The van der Waals surface area contributed by atoms with Crippen LogP contribution in [0, 0.1) is 0 Å². The van der Waals surface area contributed by atoms with Crippen LogP contribution in [0.3, 0.4) is 0 Å². The standard InChI is InChI=1S/C19H18ClN5O/c1-2-24-19-9-13(7-8-17(19)21-23-24)18-10-15(12-26)22-25(18)11-14-5-3-4-6-16(14)20/h3-10,26H,2,11-12H2,1H3. The molecule has 0 spiro atoms. The molecule has 0 bridgehead atoms. The molecule has 0 fully saturated rings. The first-order valence-corrected chi connectivity index (χ1v) is 8.82. The van der Waals surface area contributed by atoms with E-state index in [1.807, 2.05) is 58.8 Å². The molecule has 4 rings (SSSR count). The lowest BCUT2D eigenvalue weighted by Gasteiger charge is -2.09. The van der Waals surface area contributed by atoms with Crippen molar-refractivity contribution in [3.05, 3.63) is 64.8 Å². The summed E-state index contributed by atoms with van der Waals surface area (Å²) in [5, 5.41) is 23.1. The average molecular weight is 368 g/mol. The Labute approximate surface area is 155 Å². The van der Waals surface area contributed by atoms with Crippen molar-refractivity contribution in [1.29, 1.82) is 0 Å². The lowest BCUT2D eigenvalue weighted by atomic mass is 10.1. The second kappa shape index (κ2) is 6.90. The summed E-state index contributed by atoms with van der Waals surface area (Å²) in [6.07, 6.45) is 0. The number of aliphatic hydroxyl groups is 1. The summed E-state index contributed by atoms with van der Waals surface area (Å²) in [5.74, 6) is 0. The summed E-state index contributed by atoms with van der Waals surface area (Å²) in [4.78, 5) is 0. The fourth-order valence-corrected chi connectivity index (χ4v) is 3.24. The van der Waals surface area contributed by atoms with E-state index in [9.17, 15) is 5.11 Å². The predicted molar refractivity (Wildman–Crippen MR) is 101 cm³/mol. The number of benzene rings is 2. The largest absolute Gasteiger partial charge is 0.390 e. The van der Waals surface area contributed by atoms with Gasteiger partial charge in [0.2, 0.25) is 0 Å². The molecule has 0 unspecified atom stereocenters. The zero-order valence-corrected chi connectivity index (χ0v) is 15.1. The van der Waals surface area contributed by atoms with Crippen LogP contribution >= 0.6 is 11.6 Å². The van der Waals surface area contributed by atoms with Gasteiger partial charge in [-0.2, -0.15) is 5.10 Å². The third kappa shape index (κ3) is 2.98. The SMILES string of the molecule is CCn1nnc2ccc(-c3cc(CO)nn3Cc3ccccc3Cl)cc21. The molecule has 7 heteroatoms. The van der Waals surface area contributed by atoms with Crippen LogP contribution < -0.4 is 0 Å². The van der Waals surface area contributed by atoms with Crippen LogP contribution in [0.15, 0.2) is 48.5 Å². The molecule has 2 heterocycles. The van der Waals surface area contributed by atoms with E-state index < -0.39 is 0 Å². The first-order chi connectivity index (χ1) is 12.7. The van der Waals surface area contributed by atoms with Crippen molar-refractivity contribution >= 4 is 22.6 Å². The molecule has 0 atom stereocenters. The van der Waals surface area contributed by atoms with Crippen LogP contribution in [-0.2, 0) is 19.7 Å². The van der Waals surface area contributed by atoms with Gasteiger partial charge in [-0.1, -0.05) is 41.1 Å². The summed E-state index contributed by atoms with van der Waals surface area (Å²) in [6.45, 7) is 3.20. The van der Waals surface area contributed by atoms with Crippen molar-refractivity contribution in [3.63, 3.8) is 0 Å². The van der Waals surface area contributed by atoms with E-state index in [1.54, 1.807) is 0 Å². The van der Waals surface area contributed by atoms with Crippen LogP contribution in [0.5, 0.6) is 0 Å². The molecule has 2 aromatic carbocycles. The van der Waals surface area contributed by atoms with E-state index in [-0.39, 0.29) is 6.61 Å². The van der Waals surface area contributed by atoms with Crippen molar-refractivity contribution < 1.29 is 5.11 Å². The first-order valence-electron chi connectivity index (χ1n) is 8.44. The quantitative estimate of drug-likeness (QED) is 0.586. The topological polar surface area (TPSA) is 68.8 Å². The maximum atomic E-state index is 9.54. The van der Waals surface area contributed by atoms with Crippen molar-refractivity contribution in [1.82, 2.24) is 24.8 Å². The second-order valence-electron chi connectivity index (χ2n) is 6.04. The van der Waals surface area contributed by atoms with Crippen LogP contribution in [0.1, 0.15) is 18.2 Å². The van der Waals surface area contributed by atoms with E-state index >= 15 is 0 Å². The van der Waals surface area contributed by atoms with Crippen molar-refractivity contribution in [2.24, 2.45) is 0 Å². The van der Waals surface area contributed by atoms with Crippen molar-refractivity contribution in [3.8, 4) is 11.3 Å². The highest BCUT2D eigenvalue weighted by molar-refractivity contribution is 6.31. The zero-order valence-electron chi connectivity index (χ0n) is 14.3. The van der Waals surface area contributed by atoms with Gasteiger partial charge < -0.3 is 5.11 Å². The maximum Gasteiger partial charge on any atom is 0.113 e. The fraction of sp³-hybridized carbons (Fsp3) is 0.211. The van der Waals surface area contributed by atoms with Crippen LogP contribution in [-0.4, -0.2) is 29.9 Å². The predicted octanol–water partition coefficient (Wildman–Crippen LogP) is 3.51. The third-order valence-electron chi connectivity index (χ3n) is 4.38. The van der Waals surface area contributed by atoms with Gasteiger partial charge in [0.15, 0.2) is 0 Å². The summed E-state index contributed by atoms with van der Waals surface area (Å²) < 4.78 is 3.73. The monoisotopic (exact) mass is 367 g/mol. The Kier molecular flexibility index (Phi) is 4.44. The number of nitrogens with zero attached hydrogens (tertiary/aromatic N) is 5. The average Bonchev–Trinajstić information content (AvgIpc) is 3.26. The van der Waals surface area contributed by atoms with Crippen LogP contribution in [0.4, 0.5) is 0 Å². The number of hydrogen-bond acceptors (Lipinski definition) is 4. The highest BCUT2D eigenvalue weighted by Crippen LogP contribution is 2.26. The molecule has 0 amide bonds. The number of rotatable bonds is 5.